The molecule has 0 aromatic rings. The quantitative estimate of drug-likeness (QED) is 0.230. The van der Waals surface area contributed by atoms with Crippen molar-refractivity contribution in [3.05, 3.63) is 47.6 Å². The minimum absolute atomic E-state index is 0. The molecule has 2 aliphatic carbocycles. The van der Waals surface area contributed by atoms with E-state index < -0.39 is 0 Å². The molecule has 0 atom stereocenters. The number of oxime groups is 2. The monoisotopic (exact) mass is 339 g/mol. The van der Waals surface area contributed by atoms with E-state index in [1.807, 2.05) is 13.8 Å². The second-order valence-electron chi connectivity index (χ2n) is 4.18. The number of rotatable bonds is 0. The number of hydrogen-bond donors (Lipinski definition) is 2. The third-order valence-electron chi connectivity index (χ3n) is 2.48. The maximum Gasteiger partial charge on any atom is 0.368 e. The van der Waals surface area contributed by atoms with E-state index in [1.54, 1.807) is 24.3 Å². The maximum absolute atomic E-state index is 8.98. The summed E-state index contributed by atoms with van der Waals surface area (Å²) in [5.74, 6) is -0.0128. The molecule has 0 spiro atoms. The summed E-state index contributed by atoms with van der Waals surface area (Å²) < 4.78 is 0. The van der Waals surface area contributed by atoms with Gasteiger partial charge in [0.25, 0.3) is 0 Å². The van der Waals surface area contributed by atoms with Gasteiger partial charge in [-0.25, -0.2) is 0 Å². The predicted octanol–water partition coefficient (Wildman–Crippen LogP) is 1.75. The SMILES string of the molecule is CC1=CC(=NO)C(=[OH+])C=C1.CC1=CC(=NO)C(=[OH+])C=C1.[Cu]. The van der Waals surface area contributed by atoms with Crippen LogP contribution in [-0.4, -0.2) is 43.0 Å². The Hall–Kier alpha value is -2.24. The Bertz CT molecular complexity index is 556. The molecule has 2 aliphatic rings. The van der Waals surface area contributed by atoms with E-state index in [0.717, 1.165) is 11.1 Å². The zero-order chi connectivity index (χ0) is 15.1. The van der Waals surface area contributed by atoms with Gasteiger partial charge in [-0.1, -0.05) is 10.3 Å². The first kappa shape index (κ1) is 18.8. The first-order valence-corrected chi connectivity index (χ1v) is 5.77. The van der Waals surface area contributed by atoms with Crippen LogP contribution >= 0.6 is 0 Å². The zero-order valence-electron chi connectivity index (χ0n) is 11.4. The zero-order valence-corrected chi connectivity index (χ0v) is 12.4. The average Bonchev–Trinajstić information content (AvgIpc) is 2.44. The van der Waals surface area contributed by atoms with Crippen LogP contribution in [0.1, 0.15) is 13.8 Å². The third-order valence-corrected chi connectivity index (χ3v) is 2.48. The first-order valence-electron chi connectivity index (χ1n) is 5.77. The van der Waals surface area contributed by atoms with Crippen LogP contribution < -0.4 is 0 Å². The molecule has 6 nitrogen and oxygen atoms in total. The van der Waals surface area contributed by atoms with Crippen molar-refractivity contribution in [3.63, 3.8) is 0 Å². The first-order chi connectivity index (χ1) is 9.47. The largest absolute Gasteiger partial charge is 0.410 e. The van der Waals surface area contributed by atoms with Gasteiger partial charge in [-0.3, -0.25) is 9.59 Å². The van der Waals surface area contributed by atoms with Crippen LogP contribution in [0.3, 0.4) is 0 Å². The molecule has 0 fully saturated rings. The van der Waals surface area contributed by atoms with Crippen LogP contribution in [0.4, 0.5) is 0 Å². The molecular weight excluding hydrogens is 324 g/mol. The fourth-order valence-corrected chi connectivity index (χ4v) is 1.43. The van der Waals surface area contributed by atoms with Crippen LogP contribution in [0.2, 0.25) is 0 Å². The summed E-state index contributed by atoms with van der Waals surface area (Å²) in [6.07, 6.45) is 9.65. The normalized spacial score (nSPS) is 20.5. The van der Waals surface area contributed by atoms with E-state index in [9.17, 15) is 0 Å². The van der Waals surface area contributed by atoms with Crippen molar-refractivity contribution < 1.29 is 37.1 Å². The molecule has 0 saturated carbocycles. The number of hydrogen-bond acceptors (Lipinski definition) is 4. The maximum atomic E-state index is 8.98. The third kappa shape index (κ3) is 5.72. The molecule has 21 heavy (non-hydrogen) atoms. The van der Waals surface area contributed by atoms with Gasteiger partial charge in [-0.05, 0) is 49.3 Å². The van der Waals surface area contributed by atoms with Crippen molar-refractivity contribution in [2.75, 3.05) is 0 Å². The fraction of sp³-hybridized carbons (Fsp3) is 0.143. The van der Waals surface area contributed by atoms with Crippen LogP contribution in [0.15, 0.2) is 57.9 Å². The van der Waals surface area contributed by atoms with E-state index in [4.69, 9.17) is 20.0 Å². The van der Waals surface area contributed by atoms with Crippen molar-refractivity contribution in [1.82, 2.24) is 0 Å². The standard InChI is InChI=1S/2C7H7NO2.Cu/c2*1-5-2-3-7(9)6(4-5)8-10;/h2*2-4,10H,1H3;/p+2. The Kier molecular flexibility index (Phi) is 7.89. The molecule has 0 amide bonds. The molecule has 0 heterocycles. The molecule has 0 aromatic heterocycles. The minimum atomic E-state index is -0.00639. The predicted molar refractivity (Wildman–Crippen MR) is 78.1 cm³/mol. The summed E-state index contributed by atoms with van der Waals surface area (Å²) in [4.78, 5) is 18.0. The van der Waals surface area contributed by atoms with Crippen LogP contribution in [0.5, 0.6) is 0 Å². The molecule has 1 radical (unpaired) electrons. The summed E-state index contributed by atoms with van der Waals surface area (Å²) in [6.45, 7) is 3.71. The number of allylic oxidation sites excluding steroid dienone is 8. The number of ketones is 2. The Morgan fingerprint density at radius 2 is 1.10 bits per heavy atom. The van der Waals surface area contributed by atoms with Gasteiger partial charge in [-0.15, -0.1) is 0 Å². The summed E-state index contributed by atoms with van der Waals surface area (Å²) in [6, 6.07) is 0. The van der Waals surface area contributed by atoms with Gasteiger partial charge in [0.2, 0.25) is 11.4 Å². The summed E-state index contributed by atoms with van der Waals surface area (Å²) in [5.41, 5.74) is 2.32. The summed E-state index contributed by atoms with van der Waals surface area (Å²) in [7, 11) is 0. The van der Waals surface area contributed by atoms with Crippen LogP contribution in [0, 0.1) is 0 Å². The smallest absolute Gasteiger partial charge is 0.368 e. The van der Waals surface area contributed by atoms with Crippen LogP contribution in [-0.2, 0) is 17.1 Å². The van der Waals surface area contributed by atoms with E-state index in [2.05, 4.69) is 10.3 Å². The molecule has 0 aromatic carbocycles. The van der Waals surface area contributed by atoms with Crippen molar-refractivity contribution in [3.8, 4) is 0 Å². The van der Waals surface area contributed by atoms with Crippen molar-refractivity contribution in [1.29, 1.82) is 0 Å². The van der Waals surface area contributed by atoms with Gasteiger partial charge >= 0.3 is 11.6 Å². The second-order valence-corrected chi connectivity index (χ2v) is 4.18. The Morgan fingerprint density at radius 1 is 0.762 bits per heavy atom. The van der Waals surface area contributed by atoms with Crippen molar-refractivity contribution in [2.24, 2.45) is 10.3 Å². The van der Waals surface area contributed by atoms with Gasteiger partial charge in [0.1, 0.15) is 0 Å². The Labute approximate surface area is 132 Å². The average molecular weight is 340 g/mol. The fourth-order valence-electron chi connectivity index (χ4n) is 1.43. The van der Waals surface area contributed by atoms with E-state index in [-0.39, 0.29) is 40.1 Å². The number of carbonyl (C=O) groups excluding carboxylic acids is 2. The molecule has 7 heteroatoms. The van der Waals surface area contributed by atoms with Gasteiger partial charge in [0.15, 0.2) is 0 Å². The van der Waals surface area contributed by atoms with Crippen molar-refractivity contribution in [2.45, 2.75) is 13.8 Å². The molecule has 115 valence electrons. The van der Waals surface area contributed by atoms with E-state index >= 15 is 0 Å². The molecule has 4 N–H and O–H groups in total. The molecule has 2 rings (SSSR count). The van der Waals surface area contributed by atoms with E-state index in [1.165, 1.54) is 12.2 Å². The summed E-state index contributed by atoms with van der Waals surface area (Å²) in [5, 5.41) is 22.4. The molecular formula is C14H16CuN2O4+2. The van der Waals surface area contributed by atoms with Gasteiger partial charge in [-0.2, -0.15) is 0 Å². The van der Waals surface area contributed by atoms with Gasteiger partial charge in [0, 0.05) is 29.2 Å². The topological polar surface area (TPSA) is 108 Å². The summed E-state index contributed by atoms with van der Waals surface area (Å²) >= 11 is 0. The van der Waals surface area contributed by atoms with E-state index in [0.29, 0.717) is 0 Å². The van der Waals surface area contributed by atoms with Gasteiger partial charge in [0.05, 0.1) is 0 Å². The minimum Gasteiger partial charge on any atom is -0.410 e. The molecule has 0 saturated heterocycles. The van der Waals surface area contributed by atoms with Gasteiger partial charge < -0.3 is 10.4 Å². The van der Waals surface area contributed by atoms with Crippen LogP contribution in [0.25, 0.3) is 0 Å². The Balaban J connectivity index is 0.000000364. The molecule has 0 bridgehead atoms. The Morgan fingerprint density at radius 3 is 1.33 bits per heavy atom. The number of nitrogens with zero attached hydrogens (tertiary/aromatic N) is 2. The molecule has 0 unspecified atom stereocenters. The van der Waals surface area contributed by atoms with Crippen molar-refractivity contribution >= 4 is 23.0 Å². The second kappa shape index (κ2) is 8.84. The molecule has 0 aliphatic heterocycles.